The number of carbonyl (C=O) groups is 1. The molecule has 1 aliphatic rings. The largest absolute Gasteiger partial charge is 0.462 e. The third kappa shape index (κ3) is 2.35. The fraction of sp³-hybridized carbons (Fsp3) is 0.727. The molecule has 0 radical (unpaired) electrons. The molecule has 0 aromatic carbocycles. The lowest BCUT2D eigenvalue weighted by Crippen LogP contribution is -2.50. The standard InChI is InChI=1S/C11H18O3/c1-8(2)10(12)13-6-5-11(4)9(3)7-14-11/h9H,1,5-7H2,2-4H3. The van der Waals surface area contributed by atoms with Crippen LogP contribution < -0.4 is 0 Å². The molecule has 1 fully saturated rings. The third-order valence-electron chi connectivity index (χ3n) is 2.89. The molecule has 0 saturated carbocycles. The first-order valence-electron chi connectivity index (χ1n) is 4.92. The first kappa shape index (κ1) is 11.2. The summed E-state index contributed by atoms with van der Waals surface area (Å²) < 4.78 is 10.5. The summed E-state index contributed by atoms with van der Waals surface area (Å²) in [6.07, 6.45) is 0.757. The second-order valence-corrected chi connectivity index (χ2v) is 4.19. The van der Waals surface area contributed by atoms with Gasteiger partial charge >= 0.3 is 5.97 Å². The molecule has 1 rings (SSSR count). The number of rotatable bonds is 4. The van der Waals surface area contributed by atoms with Crippen molar-refractivity contribution in [1.29, 1.82) is 0 Å². The Labute approximate surface area is 85.1 Å². The number of carbonyl (C=O) groups excluding carboxylic acids is 1. The van der Waals surface area contributed by atoms with Gasteiger partial charge in [-0.15, -0.1) is 0 Å². The summed E-state index contributed by atoms with van der Waals surface area (Å²) >= 11 is 0. The van der Waals surface area contributed by atoms with Crippen molar-refractivity contribution in [3.63, 3.8) is 0 Å². The quantitative estimate of drug-likeness (QED) is 0.511. The molecular weight excluding hydrogens is 180 g/mol. The molecule has 0 N–H and O–H groups in total. The van der Waals surface area contributed by atoms with E-state index in [1.54, 1.807) is 6.92 Å². The van der Waals surface area contributed by atoms with Gasteiger partial charge in [0.25, 0.3) is 0 Å². The van der Waals surface area contributed by atoms with Crippen LogP contribution in [0.4, 0.5) is 0 Å². The van der Waals surface area contributed by atoms with Crippen molar-refractivity contribution in [1.82, 2.24) is 0 Å². The fourth-order valence-corrected chi connectivity index (χ4v) is 1.32. The minimum Gasteiger partial charge on any atom is -0.462 e. The van der Waals surface area contributed by atoms with E-state index in [4.69, 9.17) is 9.47 Å². The van der Waals surface area contributed by atoms with Crippen LogP contribution in [-0.4, -0.2) is 24.8 Å². The van der Waals surface area contributed by atoms with Crippen molar-refractivity contribution in [2.45, 2.75) is 32.8 Å². The van der Waals surface area contributed by atoms with Crippen LogP contribution in [0.3, 0.4) is 0 Å². The van der Waals surface area contributed by atoms with Crippen molar-refractivity contribution in [2.24, 2.45) is 5.92 Å². The Kier molecular flexibility index (Phi) is 3.32. The molecule has 0 aromatic rings. The van der Waals surface area contributed by atoms with Crippen molar-refractivity contribution < 1.29 is 14.3 Å². The Balaban J connectivity index is 2.22. The van der Waals surface area contributed by atoms with Gasteiger partial charge in [0.2, 0.25) is 0 Å². The minimum absolute atomic E-state index is 0.102. The number of ether oxygens (including phenoxy) is 2. The van der Waals surface area contributed by atoms with Gasteiger partial charge < -0.3 is 9.47 Å². The van der Waals surface area contributed by atoms with Gasteiger partial charge in [-0.25, -0.2) is 4.79 Å². The van der Waals surface area contributed by atoms with Crippen molar-refractivity contribution in [2.75, 3.05) is 13.2 Å². The first-order chi connectivity index (χ1) is 6.46. The van der Waals surface area contributed by atoms with Crippen molar-refractivity contribution >= 4 is 5.97 Å². The highest BCUT2D eigenvalue weighted by Crippen LogP contribution is 2.35. The fourth-order valence-electron chi connectivity index (χ4n) is 1.32. The first-order valence-corrected chi connectivity index (χ1v) is 4.92. The van der Waals surface area contributed by atoms with E-state index in [1.807, 2.05) is 0 Å². The molecule has 80 valence electrons. The van der Waals surface area contributed by atoms with Crippen LogP contribution in [0.1, 0.15) is 27.2 Å². The van der Waals surface area contributed by atoms with Gasteiger partial charge in [-0.1, -0.05) is 13.5 Å². The average Bonchev–Trinajstić information content (AvgIpc) is 2.14. The number of hydrogen-bond acceptors (Lipinski definition) is 3. The molecule has 0 amide bonds. The highest BCUT2D eigenvalue weighted by atomic mass is 16.5. The second kappa shape index (κ2) is 4.13. The van der Waals surface area contributed by atoms with E-state index in [2.05, 4.69) is 20.4 Å². The van der Waals surface area contributed by atoms with Crippen LogP contribution in [0.2, 0.25) is 0 Å². The Morgan fingerprint density at radius 3 is 2.71 bits per heavy atom. The Morgan fingerprint density at radius 1 is 1.71 bits per heavy atom. The molecule has 3 heteroatoms. The molecule has 0 aromatic heterocycles. The van der Waals surface area contributed by atoms with Gasteiger partial charge in [-0.05, 0) is 13.8 Å². The number of esters is 1. The molecule has 1 heterocycles. The van der Waals surface area contributed by atoms with Crippen molar-refractivity contribution in [3.05, 3.63) is 12.2 Å². The van der Waals surface area contributed by atoms with Crippen LogP contribution in [-0.2, 0) is 14.3 Å². The topological polar surface area (TPSA) is 35.5 Å². The normalized spacial score (nSPS) is 30.6. The molecule has 0 spiro atoms. The van der Waals surface area contributed by atoms with Gasteiger partial charge in [-0.2, -0.15) is 0 Å². The van der Waals surface area contributed by atoms with Gasteiger partial charge in [0.15, 0.2) is 0 Å². The maximum Gasteiger partial charge on any atom is 0.333 e. The number of hydrogen-bond donors (Lipinski definition) is 0. The van der Waals surface area contributed by atoms with E-state index in [0.717, 1.165) is 13.0 Å². The molecule has 2 unspecified atom stereocenters. The second-order valence-electron chi connectivity index (χ2n) is 4.19. The summed E-state index contributed by atoms with van der Waals surface area (Å²) in [6, 6.07) is 0. The summed E-state index contributed by atoms with van der Waals surface area (Å²) in [5.41, 5.74) is 0.341. The minimum atomic E-state index is -0.319. The maximum absolute atomic E-state index is 11.1. The van der Waals surface area contributed by atoms with E-state index in [1.165, 1.54) is 0 Å². The summed E-state index contributed by atoms with van der Waals surface area (Å²) in [5, 5.41) is 0. The van der Waals surface area contributed by atoms with Crippen LogP contribution in [0.5, 0.6) is 0 Å². The molecule has 1 aliphatic heterocycles. The smallest absolute Gasteiger partial charge is 0.333 e. The Bertz CT molecular complexity index is 247. The SMILES string of the molecule is C=C(C)C(=O)OCCC1(C)OCC1C. The summed E-state index contributed by atoms with van der Waals surface area (Å²) in [4.78, 5) is 11.1. The summed E-state index contributed by atoms with van der Waals surface area (Å²) in [6.45, 7) is 10.6. The van der Waals surface area contributed by atoms with E-state index in [-0.39, 0.29) is 11.6 Å². The zero-order chi connectivity index (χ0) is 10.8. The van der Waals surface area contributed by atoms with E-state index < -0.39 is 0 Å². The molecule has 3 nitrogen and oxygen atoms in total. The van der Waals surface area contributed by atoms with Crippen LogP contribution in [0.15, 0.2) is 12.2 Å². The highest BCUT2D eigenvalue weighted by molar-refractivity contribution is 5.86. The average molecular weight is 198 g/mol. The zero-order valence-corrected chi connectivity index (χ0v) is 9.13. The third-order valence-corrected chi connectivity index (χ3v) is 2.89. The molecule has 0 aliphatic carbocycles. The lowest BCUT2D eigenvalue weighted by molar-refractivity contribution is -0.195. The van der Waals surface area contributed by atoms with Crippen molar-refractivity contribution in [3.8, 4) is 0 Å². The zero-order valence-electron chi connectivity index (χ0n) is 9.13. The van der Waals surface area contributed by atoms with Gasteiger partial charge in [0.1, 0.15) is 0 Å². The molecule has 14 heavy (non-hydrogen) atoms. The van der Waals surface area contributed by atoms with Crippen LogP contribution in [0, 0.1) is 5.92 Å². The highest BCUT2D eigenvalue weighted by Gasteiger charge is 2.40. The summed E-state index contributed by atoms with van der Waals surface area (Å²) in [7, 11) is 0. The van der Waals surface area contributed by atoms with E-state index in [0.29, 0.717) is 18.1 Å². The molecule has 1 saturated heterocycles. The van der Waals surface area contributed by atoms with E-state index >= 15 is 0 Å². The van der Waals surface area contributed by atoms with Gasteiger partial charge in [0.05, 0.1) is 18.8 Å². The van der Waals surface area contributed by atoms with Crippen LogP contribution >= 0.6 is 0 Å². The lowest BCUT2D eigenvalue weighted by atomic mass is 9.83. The molecule has 2 atom stereocenters. The van der Waals surface area contributed by atoms with Gasteiger partial charge in [-0.3, -0.25) is 0 Å². The monoisotopic (exact) mass is 198 g/mol. The summed E-state index contributed by atoms with van der Waals surface area (Å²) in [5.74, 6) is 0.228. The maximum atomic E-state index is 11.1. The molecular formula is C11H18O3. The van der Waals surface area contributed by atoms with Crippen LogP contribution in [0.25, 0.3) is 0 Å². The predicted molar refractivity (Wildman–Crippen MR) is 53.9 cm³/mol. The lowest BCUT2D eigenvalue weighted by Gasteiger charge is -2.45. The van der Waals surface area contributed by atoms with Gasteiger partial charge in [0, 0.05) is 17.9 Å². The Hall–Kier alpha value is -0.830. The predicted octanol–water partition coefficient (Wildman–Crippen LogP) is 1.92. The van der Waals surface area contributed by atoms with E-state index in [9.17, 15) is 4.79 Å². The molecule has 0 bridgehead atoms. The Morgan fingerprint density at radius 2 is 2.36 bits per heavy atom.